The number of hydrogen-bond donors (Lipinski definition) is 1. The monoisotopic (exact) mass is 371 g/mol. The quantitative estimate of drug-likeness (QED) is 0.604. The van der Waals surface area contributed by atoms with Crippen molar-refractivity contribution in [3.05, 3.63) is 71.3 Å². The van der Waals surface area contributed by atoms with E-state index in [4.69, 9.17) is 0 Å². The first-order chi connectivity index (χ1) is 12.6. The number of amides is 1. The van der Waals surface area contributed by atoms with Crippen LogP contribution in [0.4, 0.5) is 13.2 Å². The van der Waals surface area contributed by atoms with Gasteiger partial charge in [-0.1, -0.05) is 30.3 Å². The Balaban J connectivity index is 2.07. The molecule has 0 aromatic heterocycles. The molecule has 140 valence electrons. The Morgan fingerprint density at radius 1 is 0.963 bits per heavy atom. The van der Waals surface area contributed by atoms with Crippen LogP contribution < -0.4 is 5.32 Å². The summed E-state index contributed by atoms with van der Waals surface area (Å²) in [4.78, 5) is 12.3. The minimum atomic E-state index is -4.36. The predicted octanol–water partition coefficient (Wildman–Crippen LogP) is 5.97. The molecular formula is C22H20F3NO. The van der Waals surface area contributed by atoms with Crippen LogP contribution in [0.2, 0.25) is 0 Å². The summed E-state index contributed by atoms with van der Waals surface area (Å²) in [6.45, 7) is 5.71. The third-order valence-electron chi connectivity index (χ3n) is 4.30. The van der Waals surface area contributed by atoms with Gasteiger partial charge in [0, 0.05) is 11.6 Å². The van der Waals surface area contributed by atoms with Crippen LogP contribution in [0.25, 0.3) is 21.9 Å². The van der Waals surface area contributed by atoms with Crippen LogP contribution >= 0.6 is 0 Å². The van der Waals surface area contributed by atoms with Gasteiger partial charge in [-0.3, -0.25) is 4.79 Å². The molecule has 0 unspecified atom stereocenters. The van der Waals surface area contributed by atoms with Crippen LogP contribution in [0.3, 0.4) is 0 Å². The highest BCUT2D eigenvalue weighted by Gasteiger charge is 2.30. The van der Waals surface area contributed by atoms with Crippen molar-refractivity contribution < 1.29 is 18.0 Å². The molecule has 0 aliphatic rings. The molecule has 0 saturated heterocycles. The average Bonchev–Trinajstić information content (AvgIpc) is 2.59. The molecule has 3 aromatic carbocycles. The highest BCUT2D eigenvalue weighted by molar-refractivity contribution is 6.03. The van der Waals surface area contributed by atoms with Crippen molar-refractivity contribution in [3.8, 4) is 11.1 Å². The molecule has 0 aliphatic heterocycles. The van der Waals surface area contributed by atoms with Crippen molar-refractivity contribution in [2.45, 2.75) is 33.0 Å². The zero-order valence-corrected chi connectivity index (χ0v) is 15.3. The zero-order valence-electron chi connectivity index (χ0n) is 15.3. The fraction of sp³-hybridized carbons (Fsp3) is 0.227. The van der Waals surface area contributed by atoms with Crippen LogP contribution in [0, 0.1) is 6.92 Å². The Hall–Kier alpha value is -2.82. The summed E-state index contributed by atoms with van der Waals surface area (Å²) in [6.07, 6.45) is -4.36. The average molecular weight is 371 g/mol. The molecule has 1 N–H and O–H groups in total. The summed E-state index contributed by atoms with van der Waals surface area (Å²) in [5, 5.41) is 4.63. The third-order valence-corrected chi connectivity index (χ3v) is 4.30. The van der Waals surface area contributed by atoms with Crippen molar-refractivity contribution in [1.29, 1.82) is 0 Å². The van der Waals surface area contributed by atoms with E-state index in [9.17, 15) is 18.0 Å². The molecule has 27 heavy (non-hydrogen) atoms. The van der Waals surface area contributed by atoms with Crippen LogP contribution in [0.5, 0.6) is 0 Å². The maximum Gasteiger partial charge on any atom is 0.416 e. The lowest BCUT2D eigenvalue weighted by Crippen LogP contribution is -2.29. The molecule has 0 heterocycles. The van der Waals surface area contributed by atoms with E-state index in [-0.39, 0.29) is 11.9 Å². The first kappa shape index (κ1) is 19.0. The van der Waals surface area contributed by atoms with E-state index < -0.39 is 11.7 Å². The summed E-state index contributed by atoms with van der Waals surface area (Å²) in [6, 6.07) is 14.5. The van der Waals surface area contributed by atoms with E-state index in [0.29, 0.717) is 11.1 Å². The minimum Gasteiger partial charge on any atom is -0.350 e. The lowest BCUT2D eigenvalue weighted by atomic mass is 9.94. The summed E-state index contributed by atoms with van der Waals surface area (Å²) in [5.41, 5.74) is 2.40. The normalized spacial score (nSPS) is 11.8. The number of carbonyl (C=O) groups excluding carboxylic acids is 1. The Morgan fingerprint density at radius 2 is 1.63 bits per heavy atom. The number of aryl methyl sites for hydroxylation is 1. The third kappa shape index (κ3) is 4.13. The number of hydrogen-bond acceptors (Lipinski definition) is 1. The van der Waals surface area contributed by atoms with E-state index >= 15 is 0 Å². The maximum absolute atomic E-state index is 12.8. The number of alkyl halides is 3. The van der Waals surface area contributed by atoms with Crippen LogP contribution in [-0.4, -0.2) is 11.9 Å². The highest BCUT2D eigenvalue weighted by Crippen LogP contribution is 2.34. The number of rotatable bonds is 3. The molecule has 0 fully saturated rings. The first-order valence-corrected chi connectivity index (χ1v) is 8.68. The van der Waals surface area contributed by atoms with E-state index in [1.165, 1.54) is 12.1 Å². The molecule has 0 aliphatic carbocycles. The molecule has 0 atom stereocenters. The molecule has 2 nitrogen and oxygen atoms in total. The smallest absolute Gasteiger partial charge is 0.350 e. The second kappa shape index (κ2) is 7.06. The van der Waals surface area contributed by atoms with Gasteiger partial charge in [-0.15, -0.1) is 0 Å². The fourth-order valence-corrected chi connectivity index (χ4v) is 3.08. The molecular weight excluding hydrogens is 351 g/mol. The fourth-order valence-electron chi connectivity index (χ4n) is 3.08. The molecule has 3 aromatic rings. The lowest BCUT2D eigenvalue weighted by molar-refractivity contribution is -0.137. The highest BCUT2D eigenvalue weighted by atomic mass is 19.4. The molecule has 3 rings (SSSR count). The second-order valence-corrected chi connectivity index (χ2v) is 6.95. The molecule has 0 radical (unpaired) electrons. The lowest BCUT2D eigenvalue weighted by Gasteiger charge is -2.13. The van der Waals surface area contributed by atoms with E-state index in [1.807, 2.05) is 45.0 Å². The van der Waals surface area contributed by atoms with E-state index in [2.05, 4.69) is 5.32 Å². The van der Waals surface area contributed by atoms with Crippen LogP contribution in [0.1, 0.15) is 35.3 Å². The van der Waals surface area contributed by atoms with Gasteiger partial charge in [-0.05, 0) is 72.5 Å². The Kier molecular flexibility index (Phi) is 4.96. The van der Waals surface area contributed by atoms with Gasteiger partial charge in [-0.2, -0.15) is 13.2 Å². The summed E-state index contributed by atoms with van der Waals surface area (Å²) >= 11 is 0. The summed E-state index contributed by atoms with van der Waals surface area (Å²) in [5.74, 6) is -0.149. The van der Waals surface area contributed by atoms with E-state index in [0.717, 1.165) is 34.0 Å². The Bertz CT molecular complexity index is 989. The molecule has 0 bridgehead atoms. The number of benzene rings is 3. The van der Waals surface area contributed by atoms with Gasteiger partial charge in [-0.25, -0.2) is 0 Å². The van der Waals surface area contributed by atoms with Crippen LogP contribution in [0.15, 0.2) is 54.6 Å². The van der Waals surface area contributed by atoms with Gasteiger partial charge in [0.2, 0.25) is 0 Å². The standard InChI is InChI=1S/C22H20F3NO/c1-13(2)26-21(27)16-6-9-19-17(12-16)10-14(3)11-20(19)15-4-7-18(8-5-15)22(23,24)25/h4-13H,1-3H3,(H,26,27). The largest absolute Gasteiger partial charge is 0.416 e. The number of nitrogens with one attached hydrogen (secondary N) is 1. The van der Waals surface area contributed by atoms with Crippen molar-refractivity contribution in [1.82, 2.24) is 5.32 Å². The van der Waals surface area contributed by atoms with Crippen molar-refractivity contribution in [3.63, 3.8) is 0 Å². The minimum absolute atomic E-state index is 0.0356. The molecule has 5 heteroatoms. The molecule has 0 spiro atoms. The van der Waals surface area contributed by atoms with Crippen molar-refractivity contribution in [2.24, 2.45) is 0 Å². The number of fused-ring (bicyclic) bond motifs is 1. The zero-order chi connectivity index (χ0) is 19.8. The van der Waals surface area contributed by atoms with Gasteiger partial charge in [0.05, 0.1) is 5.56 Å². The SMILES string of the molecule is Cc1cc(-c2ccc(C(F)(F)F)cc2)c2ccc(C(=O)NC(C)C)cc2c1. The number of halogens is 3. The second-order valence-electron chi connectivity index (χ2n) is 6.95. The maximum atomic E-state index is 12.8. The van der Waals surface area contributed by atoms with Gasteiger partial charge < -0.3 is 5.32 Å². The van der Waals surface area contributed by atoms with Crippen molar-refractivity contribution in [2.75, 3.05) is 0 Å². The summed E-state index contributed by atoms with van der Waals surface area (Å²) < 4.78 is 38.4. The predicted molar refractivity (Wildman–Crippen MR) is 102 cm³/mol. The van der Waals surface area contributed by atoms with Gasteiger partial charge >= 0.3 is 6.18 Å². The van der Waals surface area contributed by atoms with Gasteiger partial charge in [0.15, 0.2) is 0 Å². The van der Waals surface area contributed by atoms with E-state index in [1.54, 1.807) is 6.07 Å². The Morgan fingerprint density at radius 3 is 2.22 bits per heavy atom. The van der Waals surface area contributed by atoms with Crippen molar-refractivity contribution >= 4 is 16.7 Å². The Labute approximate surface area is 156 Å². The van der Waals surface area contributed by atoms with Gasteiger partial charge in [0.25, 0.3) is 5.91 Å². The molecule has 0 saturated carbocycles. The van der Waals surface area contributed by atoms with Crippen LogP contribution in [-0.2, 0) is 6.18 Å². The topological polar surface area (TPSA) is 29.1 Å². The number of carbonyl (C=O) groups is 1. The summed E-state index contributed by atoms with van der Waals surface area (Å²) in [7, 11) is 0. The first-order valence-electron chi connectivity index (χ1n) is 8.68. The van der Waals surface area contributed by atoms with Gasteiger partial charge in [0.1, 0.15) is 0 Å². The molecule has 1 amide bonds.